The molecule has 3 aromatic rings. The molecule has 0 aliphatic carbocycles. The lowest BCUT2D eigenvalue weighted by atomic mass is 10.2. The molecule has 1 aromatic carbocycles. The van der Waals surface area contributed by atoms with Gasteiger partial charge in [0, 0.05) is 18.3 Å². The summed E-state index contributed by atoms with van der Waals surface area (Å²) < 4.78 is 11.6. The monoisotopic (exact) mass is 312 g/mol. The molecule has 0 saturated carbocycles. The van der Waals surface area contributed by atoms with Crippen LogP contribution in [-0.2, 0) is 6.54 Å². The molecule has 0 radical (unpaired) electrons. The van der Waals surface area contributed by atoms with Crippen LogP contribution >= 0.6 is 0 Å². The maximum atomic E-state index is 12.0. The minimum atomic E-state index is -0.354. The van der Waals surface area contributed by atoms with Gasteiger partial charge >= 0.3 is 0 Å². The molecule has 2 aromatic heterocycles. The van der Waals surface area contributed by atoms with Gasteiger partial charge in [0.25, 0.3) is 11.8 Å². The second-order valence-electron chi connectivity index (χ2n) is 4.94. The number of nitrogens with one attached hydrogen (secondary N) is 1. The predicted molar refractivity (Wildman–Crippen MR) is 82.5 cm³/mol. The first kappa shape index (κ1) is 14.8. The molecule has 7 heteroatoms. The largest absolute Gasteiger partial charge is 0.479 e. The minimum absolute atomic E-state index is 0.106. The van der Waals surface area contributed by atoms with E-state index in [2.05, 4.69) is 15.6 Å². The number of benzene rings is 1. The van der Waals surface area contributed by atoms with Gasteiger partial charge in [-0.15, -0.1) is 0 Å². The van der Waals surface area contributed by atoms with Crippen LogP contribution in [0.1, 0.15) is 21.8 Å². The van der Waals surface area contributed by atoms with Crippen LogP contribution in [0.4, 0.5) is 0 Å². The van der Waals surface area contributed by atoms with E-state index in [0.29, 0.717) is 6.54 Å². The number of hydrogen-bond donors (Lipinski definition) is 1. The molecule has 1 N–H and O–H groups in total. The number of amides is 1. The Hall–Kier alpha value is -3.09. The molecule has 0 spiro atoms. The number of carbonyl (C=O) groups excluding carboxylic acids is 1. The number of nitrogens with zero attached hydrogens (tertiary/aromatic N) is 3. The van der Waals surface area contributed by atoms with Crippen molar-refractivity contribution in [1.82, 2.24) is 20.3 Å². The van der Waals surface area contributed by atoms with Crippen LogP contribution < -0.4 is 10.1 Å². The Balaban J connectivity index is 1.69. The Kier molecular flexibility index (Phi) is 4.09. The van der Waals surface area contributed by atoms with E-state index < -0.39 is 0 Å². The summed E-state index contributed by atoms with van der Waals surface area (Å²) >= 11 is 0. The van der Waals surface area contributed by atoms with E-state index in [4.69, 9.17) is 9.26 Å². The lowest BCUT2D eigenvalue weighted by Gasteiger charge is -2.01. The summed E-state index contributed by atoms with van der Waals surface area (Å²) in [6.45, 7) is 2.25. The van der Waals surface area contributed by atoms with E-state index in [0.717, 1.165) is 16.9 Å². The van der Waals surface area contributed by atoms with Gasteiger partial charge < -0.3 is 14.6 Å². The molecule has 1 amide bonds. The number of hydrogen-bond acceptors (Lipinski definition) is 5. The highest BCUT2D eigenvalue weighted by Gasteiger charge is 2.14. The van der Waals surface area contributed by atoms with Crippen LogP contribution in [0.15, 0.2) is 47.1 Å². The van der Waals surface area contributed by atoms with E-state index in [1.807, 2.05) is 43.5 Å². The summed E-state index contributed by atoms with van der Waals surface area (Å²) in [7, 11) is 1.46. The lowest BCUT2D eigenvalue weighted by Crippen LogP contribution is -2.22. The highest BCUT2D eigenvalue weighted by molar-refractivity contribution is 5.91. The predicted octanol–water partition coefficient (Wildman–Crippen LogP) is 2.11. The molecular weight excluding hydrogens is 296 g/mol. The summed E-state index contributed by atoms with van der Waals surface area (Å²) in [4.78, 5) is 12.0. The average molecular weight is 312 g/mol. The Bertz CT molecular complexity index is 808. The van der Waals surface area contributed by atoms with Crippen molar-refractivity contribution in [2.24, 2.45) is 0 Å². The van der Waals surface area contributed by atoms with Crippen LogP contribution in [0, 0.1) is 6.92 Å². The van der Waals surface area contributed by atoms with E-state index in [9.17, 15) is 4.79 Å². The van der Waals surface area contributed by atoms with Crippen molar-refractivity contribution in [2.75, 3.05) is 7.11 Å². The van der Waals surface area contributed by atoms with Gasteiger partial charge in [0.15, 0.2) is 0 Å². The Morgan fingerprint density at radius 3 is 2.83 bits per heavy atom. The third-order valence-electron chi connectivity index (χ3n) is 3.38. The van der Waals surface area contributed by atoms with E-state index in [1.165, 1.54) is 13.2 Å². The fourth-order valence-electron chi connectivity index (χ4n) is 2.11. The van der Waals surface area contributed by atoms with Gasteiger partial charge in [0.1, 0.15) is 0 Å². The molecule has 23 heavy (non-hydrogen) atoms. The number of para-hydroxylation sites is 1. The molecule has 0 aliphatic heterocycles. The molecule has 7 nitrogen and oxygen atoms in total. The van der Waals surface area contributed by atoms with Gasteiger partial charge in [-0.05, 0) is 24.2 Å². The number of methoxy groups -OCH3 is 1. The first-order valence-electron chi connectivity index (χ1n) is 7.07. The SMILES string of the molecule is COc1cc(C(=O)NCc2cn(-c3ccccc3)nc2C)on1. The average Bonchev–Trinajstić information content (AvgIpc) is 3.20. The summed E-state index contributed by atoms with van der Waals surface area (Å²) in [5, 5.41) is 10.8. The number of carbonyl (C=O) groups is 1. The molecule has 0 aliphatic rings. The van der Waals surface area contributed by atoms with E-state index in [1.54, 1.807) is 4.68 Å². The zero-order valence-electron chi connectivity index (χ0n) is 12.8. The molecule has 0 fully saturated rings. The topological polar surface area (TPSA) is 82.2 Å². The number of aromatic nitrogens is 3. The van der Waals surface area contributed by atoms with Crippen LogP contribution in [0.3, 0.4) is 0 Å². The van der Waals surface area contributed by atoms with Crippen molar-refractivity contribution in [3.8, 4) is 11.6 Å². The van der Waals surface area contributed by atoms with Crippen LogP contribution in [-0.4, -0.2) is 28.0 Å². The van der Waals surface area contributed by atoms with E-state index >= 15 is 0 Å². The molecule has 0 atom stereocenters. The van der Waals surface area contributed by atoms with Crippen LogP contribution in [0.25, 0.3) is 5.69 Å². The second kappa shape index (κ2) is 6.35. The van der Waals surface area contributed by atoms with Gasteiger partial charge in [0.2, 0.25) is 5.76 Å². The fourth-order valence-corrected chi connectivity index (χ4v) is 2.11. The van der Waals surface area contributed by atoms with Crippen molar-refractivity contribution in [2.45, 2.75) is 13.5 Å². The summed E-state index contributed by atoms with van der Waals surface area (Å²) in [6, 6.07) is 11.2. The van der Waals surface area contributed by atoms with Gasteiger partial charge in [-0.3, -0.25) is 4.79 Å². The highest BCUT2D eigenvalue weighted by atomic mass is 16.5. The quantitative estimate of drug-likeness (QED) is 0.780. The minimum Gasteiger partial charge on any atom is -0.479 e. The smallest absolute Gasteiger partial charge is 0.290 e. The zero-order chi connectivity index (χ0) is 16.2. The summed E-state index contributed by atoms with van der Waals surface area (Å²) in [6.07, 6.45) is 1.89. The van der Waals surface area contributed by atoms with Crippen molar-refractivity contribution in [3.63, 3.8) is 0 Å². The summed E-state index contributed by atoms with van der Waals surface area (Å²) in [5.41, 5.74) is 2.74. The molecule has 0 unspecified atom stereocenters. The number of ether oxygens (including phenoxy) is 1. The molecule has 0 bridgehead atoms. The van der Waals surface area contributed by atoms with Gasteiger partial charge in [-0.1, -0.05) is 18.2 Å². The van der Waals surface area contributed by atoms with Crippen molar-refractivity contribution in [3.05, 3.63) is 59.6 Å². The van der Waals surface area contributed by atoms with Crippen molar-refractivity contribution in [1.29, 1.82) is 0 Å². The first-order chi connectivity index (χ1) is 11.2. The lowest BCUT2D eigenvalue weighted by molar-refractivity contribution is 0.0913. The standard InChI is InChI=1S/C16H16N4O3/c1-11-12(10-20(18-11)13-6-4-3-5-7-13)9-17-16(21)14-8-15(22-2)19-23-14/h3-8,10H,9H2,1-2H3,(H,17,21). The Morgan fingerprint density at radius 1 is 1.35 bits per heavy atom. The third-order valence-corrected chi connectivity index (χ3v) is 3.38. The van der Waals surface area contributed by atoms with Crippen LogP contribution in [0.2, 0.25) is 0 Å². The fraction of sp³-hybridized carbons (Fsp3) is 0.188. The van der Waals surface area contributed by atoms with Gasteiger partial charge in [-0.2, -0.15) is 5.10 Å². The number of rotatable bonds is 5. The van der Waals surface area contributed by atoms with Gasteiger partial charge in [-0.25, -0.2) is 4.68 Å². The second-order valence-corrected chi connectivity index (χ2v) is 4.94. The first-order valence-corrected chi connectivity index (χ1v) is 7.07. The Morgan fingerprint density at radius 2 is 2.13 bits per heavy atom. The van der Waals surface area contributed by atoms with Gasteiger partial charge in [0.05, 0.1) is 24.6 Å². The van der Waals surface area contributed by atoms with E-state index in [-0.39, 0.29) is 17.5 Å². The molecular formula is C16H16N4O3. The van der Waals surface area contributed by atoms with Crippen molar-refractivity contribution >= 4 is 5.91 Å². The molecule has 0 saturated heterocycles. The molecule has 3 rings (SSSR count). The Labute approximate surface area is 132 Å². The molecule has 2 heterocycles. The maximum absolute atomic E-state index is 12.0. The number of aryl methyl sites for hydroxylation is 1. The zero-order valence-corrected chi connectivity index (χ0v) is 12.8. The normalized spacial score (nSPS) is 10.5. The summed E-state index contributed by atoms with van der Waals surface area (Å²) in [5.74, 6) is 0.0193. The third kappa shape index (κ3) is 3.23. The van der Waals surface area contributed by atoms with Crippen LogP contribution in [0.5, 0.6) is 5.88 Å². The van der Waals surface area contributed by atoms with Crippen molar-refractivity contribution < 1.29 is 14.1 Å². The molecule has 118 valence electrons. The maximum Gasteiger partial charge on any atom is 0.290 e. The highest BCUT2D eigenvalue weighted by Crippen LogP contribution is 2.13.